The molecule has 2 N–H and O–H groups in total. The second-order valence-corrected chi connectivity index (χ2v) is 3.13. The van der Waals surface area contributed by atoms with Crippen molar-refractivity contribution in [3.63, 3.8) is 0 Å². The molecular weight excluding hydrogens is 213 g/mol. The Morgan fingerprint density at radius 2 is 2.15 bits per heavy atom. The number of halogens is 2. The van der Waals surface area contributed by atoms with Gasteiger partial charge in [-0.1, -0.05) is 23.2 Å². The highest BCUT2D eigenvalue weighted by molar-refractivity contribution is 6.31. The van der Waals surface area contributed by atoms with Gasteiger partial charge in [0.1, 0.15) is 0 Å². The van der Waals surface area contributed by atoms with Crippen LogP contribution in [0.25, 0.3) is 0 Å². The van der Waals surface area contributed by atoms with Crippen LogP contribution in [0.4, 0.5) is 0 Å². The van der Waals surface area contributed by atoms with Crippen molar-refractivity contribution in [2.24, 2.45) is 0 Å². The quantitative estimate of drug-likeness (QED) is 0.742. The first-order chi connectivity index (χ1) is 6.24. The maximum absolute atomic E-state index is 8.52. The highest BCUT2D eigenvalue weighted by atomic mass is 35.5. The summed E-state index contributed by atoms with van der Waals surface area (Å²) in [6.07, 6.45) is 0. The van der Waals surface area contributed by atoms with E-state index in [2.05, 4.69) is 15.5 Å². The Morgan fingerprint density at radius 3 is 2.85 bits per heavy atom. The number of hydrogen-bond donors (Lipinski definition) is 2. The maximum Gasteiger partial charge on any atom is 0.156 e. The molecule has 0 aliphatic carbocycles. The van der Waals surface area contributed by atoms with Gasteiger partial charge in [0.15, 0.2) is 10.3 Å². The van der Waals surface area contributed by atoms with Crippen molar-refractivity contribution >= 4 is 23.2 Å². The van der Waals surface area contributed by atoms with Gasteiger partial charge in [0.25, 0.3) is 0 Å². The second-order valence-electron chi connectivity index (χ2n) is 2.38. The van der Waals surface area contributed by atoms with Gasteiger partial charge in [-0.3, -0.25) is 0 Å². The van der Waals surface area contributed by atoms with E-state index in [1.54, 1.807) is 6.07 Å². The van der Waals surface area contributed by atoms with Gasteiger partial charge in [-0.2, -0.15) is 0 Å². The van der Waals surface area contributed by atoms with E-state index < -0.39 is 0 Å². The van der Waals surface area contributed by atoms with Gasteiger partial charge in [-0.15, -0.1) is 10.2 Å². The molecule has 0 spiro atoms. The molecule has 0 saturated carbocycles. The first-order valence-electron chi connectivity index (χ1n) is 3.73. The molecule has 6 heteroatoms. The molecular formula is C7H9Cl2N3O. The number of aliphatic hydroxyl groups excluding tert-OH is 1. The van der Waals surface area contributed by atoms with Crippen molar-refractivity contribution in [1.82, 2.24) is 15.5 Å². The highest BCUT2D eigenvalue weighted by Gasteiger charge is 2.02. The van der Waals surface area contributed by atoms with E-state index in [0.29, 0.717) is 23.4 Å². The fourth-order valence-electron chi connectivity index (χ4n) is 0.814. The molecule has 13 heavy (non-hydrogen) atoms. The van der Waals surface area contributed by atoms with Gasteiger partial charge in [0, 0.05) is 18.7 Å². The van der Waals surface area contributed by atoms with Crippen LogP contribution in [0.2, 0.25) is 10.3 Å². The fraction of sp³-hybridized carbons (Fsp3) is 0.429. The van der Waals surface area contributed by atoms with Gasteiger partial charge in [0.05, 0.1) is 6.61 Å². The minimum absolute atomic E-state index is 0.0872. The average molecular weight is 222 g/mol. The number of hydrogen-bond acceptors (Lipinski definition) is 4. The Morgan fingerprint density at radius 1 is 1.38 bits per heavy atom. The van der Waals surface area contributed by atoms with Gasteiger partial charge in [-0.05, 0) is 6.07 Å². The van der Waals surface area contributed by atoms with Crippen LogP contribution in [-0.4, -0.2) is 28.5 Å². The molecule has 0 aromatic carbocycles. The Hall–Kier alpha value is -0.420. The molecule has 0 atom stereocenters. The summed E-state index contributed by atoms with van der Waals surface area (Å²) in [6.45, 7) is 1.12. The molecule has 1 aromatic rings. The molecule has 0 bridgehead atoms. The van der Waals surface area contributed by atoms with Crippen molar-refractivity contribution in [2.45, 2.75) is 6.54 Å². The van der Waals surface area contributed by atoms with Crippen LogP contribution in [0.15, 0.2) is 6.07 Å². The average Bonchev–Trinajstić information content (AvgIpc) is 2.11. The molecule has 4 nitrogen and oxygen atoms in total. The first kappa shape index (κ1) is 10.7. The summed E-state index contributed by atoms with van der Waals surface area (Å²) in [5.74, 6) is 0. The van der Waals surface area contributed by atoms with E-state index in [0.717, 1.165) is 5.56 Å². The summed E-state index contributed by atoms with van der Waals surface area (Å²) in [6, 6.07) is 1.64. The molecule has 0 aliphatic rings. The van der Waals surface area contributed by atoms with Crippen molar-refractivity contribution < 1.29 is 5.11 Å². The Labute approximate surface area is 85.9 Å². The third-order valence-corrected chi connectivity index (χ3v) is 1.90. The predicted molar refractivity (Wildman–Crippen MR) is 50.8 cm³/mol. The maximum atomic E-state index is 8.52. The van der Waals surface area contributed by atoms with Crippen LogP contribution in [0.5, 0.6) is 0 Å². The van der Waals surface area contributed by atoms with Crippen LogP contribution < -0.4 is 5.32 Å². The normalized spacial score (nSPS) is 10.4. The zero-order chi connectivity index (χ0) is 9.68. The largest absolute Gasteiger partial charge is 0.395 e. The predicted octanol–water partition coefficient (Wildman–Crippen LogP) is 0.865. The fourth-order valence-corrected chi connectivity index (χ4v) is 1.14. The van der Waals surface area contributed by atoms with Gasteiger partial charge in [0.2, 0.25) is 0 Å². The molecule has 1 aromatic heterocycles. The van der Waals surface area contributed by atoms with Crippen LogP contribution in [0, 0.1) is 0 Å². The minimum Gasteiger partial charge on any atom is -0.395 e. The van der Waals surface area contributed by atoms with Crippen molar-refractivity contribution in [3.05, 3.63) is 21.9 Å². The molecule has 72 valence electrons. The van der Waals surface area contributed by atoms with Gasteiger partial charge < -0.3 is 10.4 Å². The molecule has 0 aliphatic heterocycles. The van der Waals surface area contributed by atoms with E-state index in [9.17, 15) is 0 Å². The molecule has 1 rings (SSSR count). The molecule has 1 heterocycles. The van der Waals surface area contributed by atoms with Crippen molar-refractivity contribution in [1.29, 1.82) is 0 Å². The second kappa shape index (κ2) is 5.34. The molecule has 0 fully saturated rings. The summed E-state index contributed by atoms with van der Waals surface area (Å²) in [5, 5.41) is 19.3. The number of aliphatic hydroxyl groups is 1. The monoisotopic (exact) mass is 221 g/mol. The number of nitrogens with one attached hydrogen (secondary N) is 1. The first-order valence-corrected chi connectivity index (χ1v) is 4.49. The molecule has 0 saturated heterocycles. The SMILES string of the molecule is OCCNCc1cc(Cl)nnc1Cl. The molecule has 0 radical (unpaired) electrons. The molecule has 0 amide bonds. The number of aromatic nitrogens is 2. The summed E-state index contributed by atoms with van der Waals surface area (Å²) in [4.78, 5) is 0. The topological polar surface area (TPSA) is 58.0 Å². The Kier molecular flexibility index (Phi) is 4.38. The van der Waals surface area contributed by atoms with Crippen molar-refractivity contribution in [2.75, 3.05) is 13.2 Å². The van der Waals surface area contributed by atoms with Crippen molar-refractivity contribution in [3.8, 4) is 0 Å². The van der Waals surface area contributed by atoms with E-state index in [1.807, 2.05) is 0 Å². The minimum atomic E-state index is 0.0872. The smallest absolute Gasteiger partial charge is 0.156 e. The summed E-state index contributed by atoms with van der Waals surface area (Å²) in [5.41, 5.74) is 0.773. The number of rotatable bonds is 4. The lowest BCUT2D eigenvalue weighted by Crippen LogP contribution is -2.18. The lowest BCUT2D eigenvalue weighted by Gasteiger charge is -2.03. The number of nitrogens with zero attached hydrogens (tertiary/aromatic N) is 2. The van der Waals surface area contributed by atoms with E-state index in [1.165, 1.54) is 0 Å². The summed E-state index contributed by atoms with van der Waals surface area (Å²) in [7, 11) is 0. The van der Waals surface area contributed by atoms with Crippen LogP contribution in [-0.2, 0) is 6.54 Å². The van der Waals surface area contributed by atoms with Crippen LogP contribution >= 0.6 is 23.2 Å². The van der Waals surface area contributed by atoms with E-state index in [-0.39, 0.29) is 6.61 Å². The zero-order valence-electron chi connectivity index (χ0n) is 6.80. The highest BCUT2D eigenvalue weighted by Crippen LogP contribution is 2.14. The van der Waals surface area contributed by atoms with Crippen LogP contribution in [0.3, 0.4) is 0 Å². The Balaban J connectivity index is 2.59. The summed E-state index contributed by atoms with van der Waals surface area (Å²) >= 11 is 11.4. The lowest BCUT2D eigenvalue weighted by molar-refractivity contribution is 0.292. The molecule has 0 unspecified atom stereocenters. The Bertz CT molecular complexity index is 282. The van der Waals surface area contributed by atoms with E-state index >= 15 is 0 Å². The van der Waals surface area contributed by atoms with Gasteiger partial charge in [-0.25, -0.2) is 0 Å². The third kappa shape index (κ3) is 3.44. The standard InChI is InChI=1S/C7H9Cl2N3O/c8-6-3-5(4-10-1-2-13)7(9)12-11-6/h3,10,13H,1-2,4H2. The van der Waals surface area contributed by atoms with E-state index in [4.69, 9.17) is 28.3 Å². The lowest BCUT2D eigenvalue weighted by atomic mass is 10.3. The zero-order valence-corrected chi connectivity index (χ0v) is 8.31. The summed E-state index contributed by atoms with van der Waals surface area (Å²) < 4.78 is 0. The van der Waals surface area contributed by atoms with Crippen LogP contribution in [0.1, 0.15) is 5.56 Å². The third-order valence-electron chi connectivity index (χ3n) is 1.40. The van der Waals surface area contributed by atoms with Gasteiger partial charge >= 0.3 is 0 Å².